The monoisotopic (exact) mass is 338 g/mol. The van der Waals surface area contributed by atoms with Crippen LogP contribution in [-0.4, -0.2) is 42.2 Å². The summed E-state index contributed by atoms with van der Waals surface area (Å²) < 4.78 is 1.01. The van der Waals surface area contributed by atoms with E-state index in [9.17, 15) is 5.11 Å². The zero-order chi connectivity index (χ0) is 13.9. The van der Waals surface area contributed by atoms with Gasteiger partial charge in [0.2, 0.25) is 0 Å². The van der Waals surface area contributed by atoms with Crippen LogP contribution in [0, 0.1) is 0 Å². The first-order valence-electron chi connectivity index (χ1n) is 7.66. The SMILES string of the molecule is OCc1ccc(N2CCN(C3CCCC3)CC2)cc1Br. The van der Waals surface area contributed by atoms with Crippen molar-refractivity contribution in [3.05, 3.63) is 28.2 Å². The van der Waals surface area contributed by atoms with Crippen LogP contribution in [0.4, 0.5) is 5.69 Å². The largest absolute Gasteiger partial charge is 0.392 e. The van der Waals surface area contributed by atoms with Crippen molar-refractivity contribution in [3.8, 4) is 0 Å². The lowest BCUT2D eigenvalue weighted by Gasteiger charge is -2.39. The van der Waals surface area contributed by atoms with Crippen molar-refractivity contribution in [1.82, 2.24) is 4.90 Å². The molecule has 1 aliphatic heterocycles. The van der Waals surface area contributed by atoms with Gasteiger partial charge in [-0.05, 0) is 30.5 Å². The summed E-state index contributed by atoms with van der Waals surface area (Å²) in [6, 6.07) is 7.13. The van der Waals surface area contributed by atoms with Crippen LogP contribution in [-0.2, 0) is 6.61 Å². The summed E-state index contributed by atoms with van der Waals surface area (Å²) >= 11 is 3.54. The van der Waals surface area contributed by atoms with E-state index in [0.29, 0.717) is 0 Å². The highest BCUT2D eigenvalue weighted by Crippen LogP contribution is 2.28. The van der Waals surface area contributed by atoms with E-state index in [1.54, 1.807) is 0 Å². The molecule has 1 N–H and O–H groups in total. The Bertz CT molecular complexity index is 452. The minimum absolute atomic E-state index is 0.0936. The maximum atomic E-state index is 9.23. The van der Waals surface area contributed by atoms with Crippen LogP contribution in [0.15, 0.2) is 22.7 Å². The van der Waals surface area contributed by atoms with Gasteiger partial charge in [-0.2, -0.15) is 0 Å². The van der Waals surface area contributed by atoms with E-state index in [-0.39, 0.29) is 6.61 Å². The number of aliphatic hydroxyl groups is 1. The first kappa shape index (κ1) is 14.4. The molecule has 0 radical (unpaired) electrons. The molecule has 3 nitrogen and oxygen atoms in total. The summed E-state index contributed by atoms with van der Waals surface area (Å²) in [6.07, 6.45) is 5.63. The standard InChI is InChI=1S/C16H23BrN2O/c17-16-11-15(6-5-13(16)12-20)19-9-7-18(8-10-19)14-3-1-2-4-14/h5-6,11,14,20H,1-4,7-10,12H2. The van der Waals surface area contributed by atoms with Crippen LogP contribution in [0.3, 0.4) is 0 Å². The molecule has 1 aromatic carbocycles. The van der Waals surface area contributed by atoms with Gasteiger partial charge in [0.05, 0.1) is 6.61 Å². The fraction of sp³-hybridized carbons (Fsp3) is 0.625. The quantitative estimate of drug-likeness (QED) is 0.917. The van der Waals surface area contributed by atoms with Gasteiger partial charge >= 0.3 is 0 Å². The van der Waals surface area contributed by atoms with E-state index >= 15 is 0 Å². The lowest BCUT2D eigenvalue weighted by molar-refractivity contribution is 0.187. The highest BCUT2D eigenvalue weighted by molar-refractivity contribution is 9.10. The van der Waals surface area contributed by atoms with E-state index in [1.807, 2.05) is 6.07 Å². The summed E-state index contributed by atoms with van der Waals surface area (Å²) in [5, 5.41) is 9.23. The van der Waals surface area contributed by atoms with Crippen LogP contribution >= 0.6 is 15.9 Å². The second kappa shape index (κ2) is 6.46. The average molecular weight is 339 g/mol. The molecule has 20 heavy (non-hydrogen) atoms. The van der Waals surface area contributed by atoms with Crippen LogP contribution < -0.4 is 4.90 Å². The van der Waals surface area contributed by atoms with Crippen molar-refractivity contribution in [2.24, 2.45) is 0 Å². The minimum atomic E-state index is 0.0936. The first-order chi connectivity index (χ1) is 9.78. The third kappa shape index (κ3) is 3.02. The van der Waals surface area contributed by atoms with Gasteiger partial charge in [0.1, 0.15) is 0 Å². The van der Waals surface area contributed by atoms with Crippen molar-refractivity contribution in [2.75, 3.05) is 31.1 Å². The maximum Gasteiger partial charge on any atom is 0.0692 e. The summed E-state index contributed by atoms with van der Waals surface area (Å²) in [4.78, 5) is 5.14. The third-order valence-electron chi connectivity index (χ3n) is 4.73. The van der Waals surface area contributed by atoms with Gasteiger partial charge in [-0.25, -0.2) is 0 Å². The van der Waals surface area contributed by atoms with Gasteiger partial charge in [0.25, 0.3) is 0 Å². The molecule has 1 saturated carbocycles. The zero-order valence-electron chi connectivity index (χ0n) is 11.9. The predicted molar refractivity (Wildman–Crippen MR) is 86.1 cm³/mol. The molecule has 2 fully saturated rings. The Balaban J connectivity index is 1.61. The summed E-state index contributed by atoms with van der Waals surface area (Å²) in [6.45, 7) is 4.69. The Morgan fingerprint density at radius 2 is 1.80 bits per heavy atom. The van der Waals surface area contributed by atoms with Crippen molar-refractivity contribution >= 4 is 21.6 Å². The highest BCUT2D eigenvalue weighted by atomic mass is 79.9. The predicted octanol–water partition coefficient (Wildman–Crippen LogP) is 3.01. The summed E-state index contributed by atoms with van der Waals surface area (Å²) in [5.74, 6) is 0. The van der Waals surface area contributed by atoms with Gasteiger partial charge in [-0.3, -0.25) is 4.90 Å². The Kier molecular flexibility index (Phi) is 4.64. The number of hydrogen-bond donors (Lipinski definition) is 1. The number of piperazine rings is 1. The number of benzene rings is 1. The fourth-order valence-electron chi connectivity index (χ4n) is 3.48. The summed E-state index contributed by atoms with van der Waals surface area (Å²) in [5.41, 5.74) is 2.22. The van der Waals surface area contributed by atoms with E-state index in [0.717, 1.165) is 29.2 Å². The normalized spacial score (nSPS) is 21.6. The van der Waals surface area contributed by atoms with Crippen molar-refractivity contribution < 1.29 is 5.11 Å². The lowest BCUT2D eigenvalue weighted by atomic mass is 10.1. The second-order valence-corrected chi connectivity index (χ2v) is 6.75. The molecule has 0 spiro atoms. The van der Waals surface area contributed by atoms with Crippen LogP contribution in [0.25, 0.3) is 0 Å². The van der Waals surface area contributed by atoms with Gasteiger partial charge in [-0.1, -0.05) is 34.8 Å². The van der Waals surface area contributed by atoms with Gasteiger partial charge in [0.15, 0.2) is 0 Å². The number of hydrogen-bond acceptors (Lipinski definition) is 3. The Morgan fingerprint density at radius 3 is 2.40 bits per heavy atom. The van der Waals surface area contributed by atoms with E-state index in [2.05, 4.69) is 37.9 Å². The Morgan fingerprint density at radius 1 is 1.10 bits per heavy atom. The number of aliphatic hydroxyl groups excluding tert-OH is 1. The first-order valence-corrected chi connectivity index (χ1v) is 8.45. The molecular formula is C16H23BrN2O. The highest BCUT2D eigenvalue weighted by Gasteiger charge is 2.26. The molecule has 0 unspecified atom stereocenters. The van der Waals surface area contributed by atoms with Crippen molar-refractivity contribution in [2.45, 2.75) is 38.3 Å². The van der Waals surface area contributed by atoms with Crippen LogP contribution in [0.5, 0.6) is 0 Å². The topological polar surface area (TPSA) is 26.7 Å². The van der Waals surface area contributed by atoms with Gasteiger partial charge < -0.3 is 10.0 Å². The molecule has 0 aromatic heterocycles. The molecule has 110 valence electrons. The second-order valence-electron chi connectivity index (χ2n) is 5.90. The van der Waals surface area contributed by atoms with E-state index in [1.165, 1.54) is 44.5 Å². The minimum Gasteiger partial charge on any atom is -0.392 e. The maximum absolute atomic E-state index is 9.23. The van der Waals surface area contributed by atoms with E-state index < -0.39 is 0 Å². The molecule has 1 aliphatic carbocycles. The average Bonchev–Trinajstić information content (AvgIpc) is 3.01. The fourth-order valence-corrected chi connectivity index (χ4v) is 3.97. The number of anilines is 1. The molecule has 0 atom stereocenters. The molecule has 1 aromatic rings. The molecule has 1 saturated heterocycles. The van der Waals surface area contributed by atoms with Gasteiger partial charge in [-0.15, -0.1) is 0 Å². The van der Waals surface area contributed by atoms with Crippen molar-refractivity contribution in [1.29, 1.82) is 0 Å². The molecular weight excluding hydrogens is 316 g/mol. The van der Waals surface area contributed by atoms with Crippen LogP contribution in [0.1, 0.15) is 31.2 Å². The number of rotatable bonds is 3. The van der Waals surface area contributed by atoms with Crippen LogP contribution in [0.2, 0.25) is 0 Å². The van der Waals surface area contributed by atoms with Gasteiger partial charge in [0, 0.05) is 42.4 Å². The molecule has 2 aliphatic rings. The molecule has 1 heterocycles. The number of nitrogens with zero attached hydrogens (tertiary/aromatic N) is 2. The smallest absolute Gasteiger partial charge is 0.0692 e. The zero-order valence-corrected chi connectivity index (χ0v) is 13.5. The Hall–Kier alpha value is -0.580. The third-order valence-corrected chi connectivity index (χ3v) is 5.47. The summed E-state index contributed by atoms with van der Waals surface area (Å²) in [7, 11) is 0. The van der Waals surface area contributed by atoms with E-state index in [4.69, 9.17) is 0 Å². The number of halogens is 1. The lowest BCUT2D eigenvalue weighted by Crippen LogP contribution is -2.49. The molecule has 3 rings (SSSR count). The van der Waals surface area contributed by atoms with Crippen molar-refractivity contribution in [3.63, 3.8) is 0 Å². The Labute approximate surface area is 129 Å². The molecule has 0 bridgehead atoms. The molecule has 0 amide bonds. The molecule has 4 heteroatoms.